The number of nitrogens with one attached hydrogen (secondary N) is 2. The van der Waals surface area contributed by atoms with Crippen LogP contribution in [0.3, 0.4) is 0 Å². The minimum Gasteiger partial charge on any atom is -0.395 e. The molecule has 2 aromatic rings. The number of rotatable bonds is 3. The van der Waals surface area contributed by atoms with E-state index in [1.54, 1.807) is 11.6 Å². The van der Waals surface area contributed by atoms with Gasteiger partial charge in [-0.05, 0) is 13.8 Å². The van der Waals surface area contributed by atoms with Gasteiger partial charge in [-0.1, -0.05) is 20.8 Å². The van der Waals surface area contributed by atoms with Crippen LogP contribution in [0.4, 0.5) is 11.5 Å². The third-order valence-corrected chi connectivity index (χ3v) is 3.32. The van der Waals surface area contributed by atoms with Crippen LogP contribution in [0.1, 0.15) is 49.6 Å². The van der Waals surface area contributed by atoms with Crippen LogP contribution < -0.4 is 11.1 Å². The number of amides is 1. The first-order valence-electron chi connectivity index (χ1n) is 6.94. The van der Waals surface area contributed by atoms with Crippen molar-refractivity contribution in [3.63, 3.8) is 0 Å². The van der Waals surface area contributed by atoms with Crippen LogP contribution in [0.25, 0.3) is 0 Å². The molecule has 0 radical (unpaired) electrons. The predicted octanol–water partition coefficient (Wildman–Crippen LogP) is 2.07. The van der Waals surface area contributed by atoms with Gasteiger partial charge in [-0.25, -0.2) is 0 Å². The molecule has 0 aromatic carbocycles. The molecule has 4 N–H and O–H groups in total. The smallest absolute Gasteiger partial charge is 0.277 e. The van der Waals surface area contributed by atoms with Crippen LogP contribution in [-0.2, 0) is 12.0 Å². The largest absolute Gasteiger partial charge is 0.395 e. The Bertz CT molecular complexity index is 662. The third-order valence-electron chi connectivity index (χ3n) is 3.32. The van der Waals surface area contributed by atoms with Crippen LogP contribution in [-0.4, -0.2) is 25.9 Å². The van der Waals surface area contributed by atoms with Gasteiger partial charge in [0.25, 0.3) is 5.91 Å². The quantitative estimate of drug-likeness (QED) is 0.805. The summed E-state index contributed by atoms with van der Waals surface area (Å²) in [4.78, 5) is 12.4. The van der Waals surface area contributed by atoms with E-state index in [4.69, 9.17) is 5.73 Å². The van der Waals surface area contributed by atoms with Gasteiger partial charge in [0.15, 0.2) is 5.82 Å². The van der Waals surface area contributed by atoms with Gasteiger partial charge < -0.3 is 11.1 Å². The van der Waals surface area contributed by atoms with Crippen LogP contribution in [0.2, 0.25) is 0 Å². The van der Waals surface area contributed by atoms with Crippen LogP contribution in [0.15, 0.2) is 6.07 Å². The Morgan fingerprint density at radius 2 is 2.14 bits per heavy atom. The normalized spacial score (nSPS) is 11.7. The van der Waals surface area contributed by atoms with Crippen molar-refractivity contribution in [2.75, 3.05) is 11.1 Å². The van der Waals surface area contributed by atoms with Crippen LogP contribution in [0.5, 0.6) is 0 Å². The van der Waals surface area contributed by atoms with Crippen molar-refractivity contribution in [1.82, 2.24) is 20.0 Å². The van der Waals surface area contributed by atoms with E-state index >= 15 is 0 Å². The molecule has 0 spiro atoms. The number of nitrogen functional groups attached to an aromatic ring is 1. The van der Waals surface area contributed by atoms with Gasteiger partial charge in [0.05, 0.1) is 11.4 Å². The molecule has 7 heteroatoms. The highest BCUT2D eigenvalue weighted by Crippen LogP contribution is 2.23. The first-order chi connectivity index (χ1) is 9.74. The lowest BCUT2D eigenvalue weighted by Crippen LogP contribution is -2.19. The molecule has 0 atom stereocenters. The minimum atomic E-state index is -0.304. The van der Waals surface area contributed by atoms with E-state index in [9.17, 15) is 4.79 Å². The van der Waals surface area contributed by atoms with Crippen molar-refractivity contribution >= 4 is 17.4 Å². The first kappa shape index (κ1) is 15.1. The summed E-state index contributed by atoms with van der Waals surface area (Å²) >= 11 is 0. The second-order valence-corrected chi connectivity index (χ2v) is 6.03. The minimum absolute atomic E-state index is 0.0587. The van der Waals surface area contributed by atoms with Crippen molar-refractivity contribution in [1.29, 1.82) is 0 Å². The van der Waals surface area contributed by atoms with Gasteiger partial charge in [0, 0.05) is 23.7 Å². The number of nitrogens with two attached hydrogens (primary N) is 1. The molecule has 2 heterocycles. The average Bonchev–Trinajstić information content (AvgIpc) is 2.95. The second-order valence-electron chi connectivity index (χ2n) is 6.03. The van der Waals surface area contributed by atoms with Crippen molar-refractivity contribution in [2.24, 2.45) is 0 Å². The summed E-state index contributed by atoms with van der Waals surface area (Å²) in [5, 5.41) is 14.0. The zero-order valence-electron chi connectivity index (χ0n) is 13.1. The predicted molar refractivity (Wildman–Crippen MR) is 82.3 cm³/mol. The van der Waals surface area contributed by atoms with E-state index in [2.05, 4.69) is 41.4 Å². The van der Waals surface area contributed by atoms with Crippen molar-refractivity contribution in [3.8, 4) is 0 Å². The van der Waals surface area contributed by atoms with Crippen LogP contribution >= 0.6 is 0 Å². The van der Waals surface area contributed by atoms with Gasteiger partial charge in [-0.2, -0.15) is 10.2 Å². The topological polar surface area (TPSA) is 102 Å². The maximum Gasteiger partial charge on any atom is 0.277 e. The molecular weight excluding hydrogens is 268 g/mol. The van der Waals surface area contributed by atoms with Gasteiger partial charge >= 0.3 is 0 Å². The number of hydrogen-bond donors (Lipinski definition) is 3. The summed E-state index contributed by atoms with van der Waals surface area (Å²) in [5.74, 6) is 0.174. The Labute approximate surface area is 123 Å². The first-order valence-corrected chi connectivity index (χ1v) is 6.94. The van der Waals surface area contributed by atoms with Gasteiger partial charge in [-0.15, -0.1) is 0 Å². The van der Waals surface area contributed by atoms with E-state index in [1.807, 2.05) is 13.0 Å². The summed E-state index contributed by atoms with van der Waals surface area (Å²) < 4.78 is 1.59. The highest BCUT2D eigenvalue weighted by molar-refractivity contribution is 6.06. The molecule has 2 aromatic heterocycles. The van der Waals surface area contributed by atoms with Gasteiger partial charge in [-0.3, -0.25) is 14.6 Å². The highest BCUT2D eigenvalue weighted by atomic mass is 16.2. The lowest BCUT2D eigenvalue weighted by molar-refractivity contribution is 0.101. The summed E-state index contributed by atoms with van der Waals surface area (Å²) in [6.45, 7) is 10.5. The van der Waals surface area contributed by atoms with E-state index < -0.39 is 0 Å². The number of aromatic amines is 1. The van der Waals surface area contributed by atoms with E-state index in [1.165, 1.54) is 0 Å². The monoisotopic (exact) mass is 290 g/mol. The molecule has 0 aliphatic carbocycles. The van der Waals surface area contributed by atoms with Crippen molar-refractivity contribution in [2.45, 2.75) is 46.6 Å². The zero-order chi connectivity index (χ0) is 15.8. The molecule has 114 valence electrons. The fourth-order valence-corrected chi connectivity index (χ4v) is 2.01. The number of carbonyl (C=O) groups is 1. The number of carbonyl (C=O) groups excluding carboxylic acids is 1. The lowest BCUT2D eigenvalue weighted by Gasteiger charge is -2.14. The molecule has 2 rings (SSSR count). The van der Waals surface area contributed by atoms with E-state index in [0.717, 1.165) is 5.69 Å². The molecule has 0 unspecified atom stereocenters. The molecule has 0 saturated carbocycles. The second kappa shape index (κ2) is 5.23. The molecule has 7 nitrogen and oxygen atoms in total. The fourth-order valence-electron chi connectivity index (χ4n) is 2.01. The Kier molecular flexibility index (Phi) is 3.76. The summed E-state index contributed by atoms with van der Waals surface area (Å²) in [7, 11) is 0. The molecule has 0 aliphatic heterocycles. The van der Waals surface area contributed by atoms with Gasteiger partial charge in [0.1, 0.15) is 5.69 Å². The average molecular weight is 290 g/mol. The number of hydrogen-bond acceptors (Lipinski definition) is 4. The molecule has 1 amide bonds. The molecule has 0 fully saturated rings. The Morgan fingerprint density at radius 1 is 1.48 bits per heavy atom. The van der Waals surface area contributed by atoms with Gasteiger partial charge in [0.2, 0.25) is 0 Å². The molecule has 0 aliphatic rings. The Morgan fingerprint density at radius 3 is 2.67 bits per heavy atom. The molecule has 21 heavy (non-hydrogen) atoms. The summed E-state index contributed by atoms with van der Waals surface area (Å²) in [5.41, 5.74) is 8.25. The zero-order valence-corrected chi connectivity index (χ0v) is 13.1. The number of H-pyrrole nitrogens is 1. The Hall–Kier alpha value is -2.31. The number of anilines is 2. The highest BCUT2D eigenvalue weighted by Gasteiger charge is 2.21. The SMILES string of the molecule is CCn1nc(C)c(N)c1C(=O)Nc1cc(C(C)(C)C)[nH]n1. The van der Waals surface area contributed by atoms with Crippen LogP contribution in [0, 0.1) is 6.92 Å². The summed E-state index contributed by atoms with van der Waals surface area (Å²) in [6, 6.07) is 1.83. The molecule has 0 bridgehead atoms. The summed E-state index contributed by atoms with van der Waals surface area (Å²) in [6.07, 6.45) is 0. The van der Waals surface area contributed by atoms with Crippen molar-refractivity contribution < 1.29 is 4.79 Å². The fraction of sp³-hybridized carbons (Fsp3) is 0.500. The van der Waals surface area contributed by atoms with E-state index in [-0.39, 0.29) is 11.3 Å². The maximum absolute atomic E-state index is 12.4. The third kappa shape index (κ3) is 2.91. The Balaban J connectivity index is 2.25. The van der Waals surface area contributed by atoms with Crippen molar-refractivity contribution in [3.05, 3.63) is 23.1 Å². The molecular formula is C14H22N6O. The number of aryl methyl sites for hydroxylation is 2. The standard InChI is InChI=1S/C14H22N6O/c1-6-20-12(11(15)8(2)19-20)13(21)16-10-7-9(17-18-10)14(3,4)5/h7H,6,15H2,1-5H3,(H2,16,17,18,21). The number of nitrogens with zero attached hydrogens (tertiary/aromatic N) is 3. The van der Waals surface area contributed by atoms with E-state index in [0.29, 0.717) is 29.4 Å². The molecule has 0 saturated heterocycles. The lowest BCUT2D eigenvalue weighted by atomic mass is 9.92. The number of aromatic nitrogens is 4. The maximum atomic E-state index is 12.4.